The van der Waals surface area contributed by atoms with E-state index in [1.54, 1.807) is 12.1 Å². The maximum absolute atomic E-state index is 11.6. The van der Waals surface area contributed by atoms with Crippen LogP contribution in [0.4, 0.5) is 0 Å². The van der Waals surface area contributed by atoms with Gasteiger partial charge in [-0.05, 0) is 24.3 Å². The van der Waals surface area contributed by atoms with Crippen molar-refractivity contribution in [1.82, 2.24) is 5.32 Å². The van der Waals surface area contributed by atoms with E-state index in [1.807, 2.05) is 12.1 Å². The standard InChI is InChI=1S/C14H13NO3S/c16-8-2-1-4-11-6-7-12(19-11)10-15-14(17)13-5-3-9-18-13/h3,5-7,9,16H,2,8,10H2,(H,15,17). The highest BCUT2D eigenvalue weighted by Gasteiger charge is 2.08. The van der Waals surface area contributed by atoms with Crippen LogP contribution in [0, 0.1) is 11.8 Å². The minimum Gasteiger partial charge on any atom is -0.459 e. The van der Waals surface area contributed by atoms with Crippen molar-refractivity contribution in [3.63, 3.8) is 0 Å². The molecule has 0 saturated carbocycles. The summed E-state index contributed by atoms with van der Waals surface area (Å²) in [7, 11) is 0. The third-order valence-corrected chi connectivity index (χ3v) is 3.28. The zero-order valence-electron chi connectivity index (χ0n) is 10.2. The normalized spacial score (nSPS) is 9.74. The lowest BCUT2D eigenvalue weighted by molar-refractivity contribution is 0.0923. The fourth-order valence-corrected chi connectivity index (χ4v) is 2.23. The van der Waals surface area contributed by atoms with Gasteiger partial charge in [-0.25, -0.2) is 0 Å². The molecule has 98 valence electrons. The Morgan fingerprint density at radius 2 is 2.32 bits per heavy atom. The Balaban J connectivity index is 1.87. The van der Waals surface area contributed by atoms with Crippen LogP contribution in [0.1, 0.15) is 26.7 Å². The fourth-order valence-electron chi connectivity index (χ4n) is 1.41. The molecule has 0 aromatic carbocycles. The van der Waals surface area contributed by atoms with Gasteiger partial charge in [0.05, 0.1) is 24.3 Å². The third-order valence-electron chi connectivity index (χ3n) is 2.28. The average Bonchev–Trinajstić information content (AvgIpc) is 3.08. The second-order valence-corrected chi connectivity index (χ2v) is 4.87. The fraction of sp³-hybridized carbons (Fsp3) is 0.214. The number of amides is 1. The molecule has 2 aromatic rings. The summed E-state index contributed by atoms with van der Waals surface area (Å²) in [6.07, 6.45) is 1.94. The van der Waals surface area contributed by atoms with Crippen molar-refractivity contribution in [3.05, 3.63) is 46.0 Å². The summed E-state index contributed by atoms with van der Waals surface area (Å²) < 4.78 is 5.00. The molecule has 0 atom stereocenters. The third kappa shape index (κ3) is 3.98. The van der Waals surface area contributed by atoms with Gasteiger partial charge in [-0.15, -0.1) is 11.3 Å². The van der Waals surface area contributed by atoms with E-state index in [1.165, 1.54) is 17.6 Å². The number of furan rings is 1. The van der Waals surface area contributed by atoms with Crippen molar-refractivity contribution in [3.8, 4) is 11.8 Å². The van der Waals surface area contributed by atoms with Gasteiger partial charge in [-0.1, -0.05) is 11.8 Å². The quantitative estimate of drug-likeness (QED) is 0.839. The lowest BCUT2D eigenvalue weighted by Crippen LogP contribution is -2.21. The molecule has 0 fully saturated rings. The summed E-state index contributed by atoms with van der Waals surface area (Å²) in [6.45, 7) is 0.524. The molecule has 0 spiro atoms. The van der Waals surface area contributed by atoms with E-state index in [-0.39, 0.29) is 12.5 Å². The number of carbonyl (C=O) groups is 1. The summed E-state index contributed by atoms with van der Waals surface area (Å²) in [5, 5.41) is 11.4. The molecule has 2 aromatic heterocycles. The van der Waals surface area contributed by atoms with Crippen LogP contribution in [0.3, 0.4) is 0 Å². The van der Waals surface area contributed by atoms with Crippen LogP contribution in [-0.4, -0.2) is 17.6 Å². The molecule has 0 aliphatic carbocycles. The summed E-state index contributed by atoms with van der Waals surface area (Å²) >= 11 is 1.52. The van der Waals surface area contributed by atoms with Crippen LogP contribution in [0.25, 0.3) is 0 Å². The van der Waals surface area contributed by atoms with Gasteiger partial charge in [0.2, 0.25) is 0 Å². The van der Waals surface area contributed by atoms with E-state index in [4.69, 9.17) is 9.52 Å². The number of aliphatic hydroxyl groups excluding tert-OH is 1. The number of nitrogens with one attached hydrogen (secondary N) is 1. The molecule has 0 aliphatic rings. The van der Waals surface area contributed by atoms with Crippen molar-refractivity contribution in [2.75, 3.05) is 6.61 Å². The summed E-state index contributed by atoms with van der Waals surface area (Å²) in [5.41, 5.74) is 0. The minimum atomic E-state index is -0.230. The highest BCUT2D eigenvalue weighted by molar-refractivity contribution is 7.12. The molecule has 5 heteroatoms. The van der Waals surface area contributed by atoms with Crippen molar-refractivity contribution in [2.24, 2.45) is 0 Å². The second-order valence-electron chi connectivity index (χ2n) is 3.70. The molecule has 19 heavy (non-hydrogen) atoms. The van der Waals surface area contributed by atoms with Crippen molar-refractivity contribution >= 4 is 17.2 Å². The molecule has 0 aliphatic heterocycles. The Hall–Kier alpha value is -2.03. The van der Waals surface area contributed by atoms with Crippen LogP contribution >= 0.6 is 11.3 Å². The Bertz CT molecular complexity index is 590. The first-order valence-electron chi connectivity index (χ1n) is 5.80. The van der Waals surface area contributed by atoms with Gasteiger partial charge in [-0.3, -0.25) is 4.79 Å². The van der Waals surface area contributed by atoms with Gasteiger partial charge in [0, 0.05) is 11.3 Å². The second kappa shape index (κ2) is 6.78. The van der Waals surface area contributed by atoms with Crippen LogP contribution in [0.2, 0.25) is 0 Å². The first kappa shape index (κ1) is 13.4. The molecule has 0 bridgehead atoms. The van der Waals surface area contributed by atoms with Gasteiger partial charge in [0.1, 0.15) is 0 Å². The minimum absolute atomic E-state index is 0.0738. The highest BCUT2D eigenvalue weighted by Crippen LogP contribution is 2.15. The van der Waals surface area contributed by atoms with Gasteiger partial charge in [0.15, 0.2) is 5.76 Å². The van der Waals surface area contributed by atoms with Gasteiger partial charge in [0.25, 0.3) is 5.91 Å². The highest BCUT2D eigenvalue weighted by atomic mass is 32.1. The molecule has 2 N–H and O–H groups in total. The molecular weight excluding hydrogens is 262 g/mol. The predicted octanol–water partition coefficient (Wildman–Crippen LogP) is 2.00. The smallest absolute Gasteiger partial charge is 0.287 e. The first-order valence-corrected chi connectivity index (χ1v) is 6.61. The number of aliphatic hydroxyl groups is 1. The average molecular weight is 275 g/mol. The lowest BCUT2D eigenvalue weighted by Gasteiger charge is -1.99. The molecule has 4 nitrogen and oxygen atoms in total. The topological polar surface area (TPSA) is 62.5 Å². The van der Waals surface area contributed by atoms with Crippen LogP contribution in [0.5, 0.6) is 0 Å². The van der Waals surface area contributed by atoms with Crippen molar-refractivity contribution in [2.45, 2.75) is 13.0 Å². The van der Waals surface area contributed by atoms with Gasteiger partial charge < -0.3 is 14.8 Å². The Morgan fingerprint density at radius 1 is 1.42 bits per heavy atom. The molecule has 0 unspecified atom stereocenters. The summed E-state index contributed by atoms with van der Waals surface area (Å²) in [4.78, 5) is 13.6. The Labute approximate surface area is 115 Å². The van der Waals surface area contributed by atoms with E-state index >= 15 is 0 Å². The van der Waals surface area contributed by atoms with Gasteiger partial charge in [-0.2, -0.15) is 0 Å². The zero-order chi connectivity index (χ0) is 13.5. The number of hydrogen-bond acceptors (Lipinski definition) is 4. The molecule has 1 amide bonds. The van der Waals surface area contributed by atoms with Gasteiger partial charge >= 0.3 is 0 Å². The van der Waals surface area contributed by atoms with E-state index in [0.717, 1.165) is 9.75 Å². The first-order chi connectivity index (χ1) is 9.29. The maximum Gasteiger partial charge on any atom is 0.287 e. The molecule has 2 rings (SSSR count). The summed E-state index contributed by atoms with van der Waals surface area (Å²) in [5.74, 6) is 5.89. The van der Waals surface area contributed by atoms with Crippen molar-refractivity contribution < 1.29 is 14.3 Å². The zero-order valence-corrected chi connectivity index (χ0v) is 11.0. The Kier molecular flexibility index (Phi) is 4.78. The molecule has 2 heterocycles. The number of hydrogen-bond donors (Lipinski definition) is 2. The Morgan fingerprint density at radius 3 is 3.05 bits per heavy atom. The number of rotatable bonds is 4. The maximum atomic E-state index is 11.6. The predicted molar refractivity (Wildman–Crippen MR) is 72.8 cm³/mol. The molecule has 0 saturated heterocycles. The molecular formula is C14H13NO3S. The van der Waals surface area contributed by atoms with Crippen LogP contribution in [-0.2, 0) is 6.54 Å². The van der Waals surface area contributed by atoms with Crippen molar-refractivity contribution in [1.29, 1.82) is 0 Å². The number of carbonyl (C=O) groups excluding carboxylic acids is 1. The number of thiophene rings is 1. The largest absolute Gasteiger partial charge is 0.459 e. The van der Waals surface area contributed by atoms with Crippen LogP contribution < -0.4 is 5.32 Å². The monoisotopic (exact) mass is 275 g/mol. The molecule has 0 radical (unpaired) electrons. The lowest BCUT2D eigenvalue weighted by atomic mass is 10.3. The van der Waals surface area contributed by atoms with Crippen LogP contribution in [0.15, 0.2) is 34.9 Å². The summed E-state index contributed by atoms with van der Waals surface area (Å²) in [6, 6.07) is 7.13. The SMILES string of the molecule is O=C(NCc1ccc(C#CCCO)s1)c1ccco1. The van der Waals surface area contributed by atoms with E-state index in [9.17, 15) is 4.79 Å². The van der Waals surface area contributed by atoms with E-state index in [0.29, 0.717) is 18.7 Å². The van der Waals surface area contributed by atoms with E-state index in [2.05, 4.69) is 17.2 Å². The van der Waals surface area contributed by atoms with E-state index < -0.39 is 0 Å².